The first-order valence-corrected chi connectivity index (χ1v) is 3.32. The van der Waals surface area contributed by atoms with E-state index in [4.69, 9.17) is 11.1 Å². The predicted octanol–water partition coefficient (Wildman–Crippen LogP) is 0.838. The van der Waals surface area contributed by atoms with Gasteiger partial charge in [-0.25, -0.2) is 0 Å². The van der Waals surface area contributed by atoms with Crippen LogP contribution in [0.5, 0.6) is 0 Å². The summed E-state index contributed by atoms with van der Waals surface area (Å²) in [6.07, 6.45) is -2.89. The molecule has 0 amide bonds. The number of hydrogen-bond acceptors (Lipinski definition) is 2. The van der Waals surface area contributed by atoms with Crippen LogP contribution in [0.4, 0.5) is 13.2 Å². The lowest BCUT2D eigenvalue weighted by Gasteiger charge is -2.00. The minimum atomic E-state index is -4.39. The fourth-order valence-electron chi connectivity index (χ4n) is 0.771. The molecule has 0 aromatic carbocycles. The van der Waals surface area contributed by atoms with Crippen LogP contribution in [0.1, 0.15) is 5.56 Å². The van der Waals surface area contributed by atoms with Gasteiger partial charge in [-0.05, 0) is 0 Å². The minimum absolute atomic E-state index is 0.129. The lowest BCUT2D eigenvalue weighted by Crippen LogP contribution is -2.18. The SMILES string of the molecule is N=C(N)Cn1cc(C(F)(F)F)cn1. The molecule has 7 heteroatoms. The number of rotatable bonds is 2. The minimum Gasteiger partial charge on any atom is -0.386 e. The highest BCUT2D eigenvalue weighted by atomic mass is 19.4. The highest BCUT2D eigenvalue weighted by Crippen LogP contribution is 2.28. The lowest BCUT2D eigenvalue weighted by molar-refractivity contribution is -0.137. The number of alkyl halides is 3. The second kappa shape index (κ2) is 3.08. The molecule has 0 aliphatic heterocycles. The maximum Gasteiger partial charge on any atom is 0.419 e. The van der Waals surface area contributed by atoms with Gasteiger partial charge in [-0.2, -0.15) is 18.3 Å². The third kappa shape index (κ3) is 2.46. The molecule has 72 valence electrons. The molecule has 0 saturated heterocycles. The Bertz CT molecular complexity index is 314. The zero-order valence-electron chi connectivity index (χ0n) is 6.47. The van der Waals surface area contributed by atoms with Gasteiger partial charge in [-0.15, -0.1) is 0 Å². The molecule has 0 spiro atoms. The fourth-order valence-corrected chi connectivity index (χ4v) is 0.771. The van der Waals surface area contributed by atoms with E-state index in [1.807, 2.05) is 0 Å². The smallest absolute Gasteiger partial charge is 0.386 e. The molecule has 3 N–H and O–H groups in total. The van der Waals surface area contributed by atoms with Crippen LogP contribution < -0.4 is 5.73 Å². The van der Waals surface area contributed by atoms with Crippen LogP contribution in [0, 0.1) is 5.41 Å². The Hall–Kier alpha value is -1.53. The molecule has 1 aromatic rings. The third-order valence-electron chi connectivity index (χ3n) is 1.29. The van der Waals surface area contributed by atoms with Crippen LogP contribution in [-0.2, 0) is 12.7 Å². The van der Waals surface area contributed by atoms with Crippen LogP contribution >= 0.6 is 0 Å². The van der Waals surface area contributed by atoms with E-state index in [2.05, 4.69) is 5.10 Å². The average Bonchev–Trinajstić information content (AvgIpc) is 2.32. The van der Waals surface area contributed by atoms with Crippen molar-refractivity contribution in [2.75, 3.05) is 0 Å². The van der Waals surface area contributed by atoms with E-state index in [-0.39, 0.29) is 12.4 Å². The Labute approximate surface area is 71.7 Å². The van der Waals surface area contributed by atoms with E-state index in [1.165, 1.54) is 0 Å². The monoisotopic (exact) mass is 192 g/mol. The van der Waals surface area contributed by atoms with Gasteiger partial charge in [-0.3, -0.25) is 10.1 Å². The summed E-state index contributed by atoms with van der Waals surface area (Å²) in [7, 11) is 0. The van der Waals surface area contributed by atoms with Gasteiger partial charge >= 0.3 is 6.18 Å². The summed E-state index contributed by atoms with van der Waals surface area (Å²) in [5.41, 5.74) is 4.14. The second-order valence-corrected chi connectivity index (χ2v) is 2.45. The first kappa shape index (κ1) is 9.56. The van der Waals surface area contributed by atoms with Crippen LogP contribution in [0.15, 0.2) is 12.4 Å². The normalized spacial score (nSPS) is 11.6. The maximum absolute atomic E-state index is 12.0. The van der Waals surface area contributed by atoms with Crippen molar-refractivity contribution in [3.8, 4) is 0 Å². The first-order valence-electron chi connectivity index (χ1n) is 3.32. The van der Waals surface area contributed by atoms with Gasteiger partial charge in [0.2, 0.25) is 0 Å². The van der Waals surface area contributed by atoms with Crippen LogP contribution in [-0.4, -0.2) is 15.6 Å². The number of aromatic nitrogens is 2. The fraction of sp³-hybridized carbons (Fsp3) is 0.333. The Morgan fingerprint density at radius 1 is 1.62 bits per heavy atom. The Balaban J connectivity index is 2.81. The summed E-state index contributed by atoms with van der Waals surface area (Å²) in [5.74, 6) is -0.239. The van der Waals surface area contributed by atoms with Crippen molar-refractivity contribution in [1.29, 1.82) is 5.41 Å². The topological polar surface area (TPSA) is 67.7 Å². The summed E-state index contributed by atoms with van der Waals surface area (Å²) in [4.78, 5) is 0. The van der Waals surface area contributed by atoms with Crippen molar-refractivity contribution in [2.45, 2.75) is 12.7 Å². The van der Waals surface area contributed by atoms with E-state index in [9.17, 15) is 13.2 Å². The molecule has 4 nitrogen and oxygen atoms in total. The highest BCUT2D eigenvalue weighted by molar-refractivity contribution is 5.76. The zero-order chi connectivity index (χ0) is 10.1. The molecule has 0 unspecified atom stereocenters. The van der Waals surface area contributed by atoms with Crippen LogP contribution in [0.2, 0.25) is 0 Å². The second-order valence-electron chi connectivity index (χ2n) is 2.45. The van der Waals surface area contributed by atoms with Crippen molar-refractivity contribution in [1.82, 2.24) is 9.78 Å². The van der Waals surface area contributed by atoms with Gasteiger partial charge in [0.25, 0.3) is 0 Å². The molecule has 13 heavy (non-hydrogen) atoms. The quantitative estimate of drug-likeness (QED) is 0.538. The van der Waals surface area contributed by atoms with E-state index in [1.54, 1.807) is 0 Å². The molecule has 0 aliphatic carbocycles. The molecule has 0 aliphatic rings. The van der Waals surface area contributed by atoms with Crippen molar-refractivity contribution in [2.24, 2.45) is 5.73 Å². The predicted molar refractivity (Wildman–Crippen MR) is 39.1 cm³/mol. The lowest BCUT2D eigenvalue weighted by atomic mass is 10.4. The van der Waals surface area contributed by atoms with Gasteiger partial charge in [0.1, 0.15) is 5.84 Å². The van der Waals surface area contributed by atoms with E-state index >= 15 is 0 Å². The summed E-state index contributed by atoms with van der Waals surface area (Å²) in [6.45, 7) is -0.129. The number of nitrogens with zero attached hydrogens (tertiary/aromatic N) is 2. The number of amidine groups is 1. The number of halogens is 3. The third-order valence-corrected chi connectivity index (χ3v) is 1.29. The standard InChI is InChI=1S/C6H7F3N4/c7-6(8,9)4-1-12-13(2-4)3-5(10)11/h1-2H,3H2,(H3,10,11). The Morgan fingerprint density at radius 2 is 2.23 bits per heavy atom. The van der Waals surface area contributed by atoms with Gasteiger partial charge in [-0.1, -0.05) is 0 Å². The summed E-state index contributed by atoms with van der Waals surface area (Å²) >= 11 is 0. The summed E-state index contributed by atoms with van der Waals surface area (Å²) < 4.78 is 37.0. The van der Waals surface area contributed by atoms with Crippen molar-refractivity contribution in [3.63, 3.8) is 0 Å². The molecular weight excluding hydrogens is 185 g/mol. The average molecular weight is 192 g/mol. The van der Waals surface area contributed by atoms with E-state index in [0.29, 0.717) is 6.20 Å². The molecular formula is C6H7F3N4. The van der Waals surface area contributed by atoms with Gasteiger partial charge < -0.3 is 5.73 Å². The van der Waals surface area contributed by atoms with Gasteiger partial charge in [0.15, 0.2) is 0 Å². The van der Waals surface area contributed by atoms with Gasteiger partial charge in [0.05, 0.1) is 18.3 Å². The maximum atomic E-state index is 12.0. The van der Waals surface area contributed by atoms with Gasteiger partial charge in [0, 0.05) is 6.20 Å². The summed E-state index contributed by atoms with van der Waals surface area (Å²) in [6, 6.07) is 0. The molecule has 1 rings (SSSR count). The number of nitrogens with one attached hydrogen (secondary N) is 1. The van der Waals surface area contributed by atoms with Crippen molar-refractivity contribution >= 4 is 5.84 Å². The van der Waals surface area contributed by atoms with Crippen LogP contribution in [0.25, 0.3) is 0 Å². The van der Waals surface area contributed by atoms with Crippen molar-refractivity contribution in [3.05, 3.63) is 18.0 Å². The Kier molecular flexibility index (Phi) is 2.26. The first-order chi connectivity index (χ1) is 5.89. The highest BCUT2D eigenvalue weighted by Gasteiger charge is 2.32. The molecule has 0 radical (unpaired) electrons. The molecule has 0 fully saturated rings. The summed E-state index contributed by atoms with van der Waals surface area (Å²) in [5, 5.41) is 10.2. The molecule has 0 saturated carbocycles. The number of nitrogens with two attached hydrogens (primary N) is 1. The van der Waals surface area contributed by atoms with Crippen LogP contribution in [0.3, 0.4) is 0 Å². The zero-order valence-corrected chi connectivity index (χ0v) is 6.47. The molecule has 1 aromatic heterocycles. The molecule has 0 bridgehead atoms. The number of hydrogen-bond donors (Lipinski definition) is 2. The Morgan fingerprint density at radius 3 is 2.62 bits per heavy atom. The largest absolute Gasteiger partial charge is 0.419 e. The van der Waals surface area contributed by atoms with Crippen molar-refractivity contribution < 1.29 is 13.2 Å². The molecule has 1 heterocycles. The van der Waals surface area contributed by atoms with E-state index < -0.39 is 11.7 Å². The molecule has 0 atom stereocenters. The van der Waals surface area contributed by atoms with E-state index in [0.717, 1.165) is 10.9 Å².